The van der Waals surface area contributed by atoms with Gasteiger partial charge >= 0.3 is 0 Å². The molecular formula is C25H19N3OS. The number of aromatic nitrogens is 3. The van der Waals surface area contributed by atoms with E-state index in [1.54, 1.807) is 23.7 Å². The molecule has 4 heterocycles. The molecule has 0 saturated carbocycles. The molecule has 5 heteroatoms. The van der Waals surface area contributed by atoms with E-state index in [4.69, 9.17) is 9.72 Å². The highest BCUT2D eigenvalue weighted by Crippen LogP contribution is 2.36. The minimum atomic E-state index is 0.685. The maximum Gasteiger partial charge on any atom is 0.155 e. The Hall–Kier alpha value is -3.57. The van der Waals surface area contributed by atoms with Crippen molar-refractivity contribution in [3.8, 4) is 34.0 Å². The summed E-state index contributed by atoms with van der Waals surface area (Å²) in [5.41, 5.74) is 6.78. The first-order valence-electron chi connectivity index (χ1n) is 9.68. The highest BCUT2D eigenvalue weighted by atomic mass is 32.1. The van der Waals surface area contributed by atoms with Gasteiger partial charge in [-0.05, 0) is 83.8 Å². The molecule has 146 valence electrons. The molecule has 0 saturated heterocycles. The van der Waals surface area contributed by atoms with E-state index in [1.165, 1.54) is 5.56 Å². The molecule has 0 atom stereocenters. The van der Waals surface area contributed by atoms with Crippen LogP contribution in [-0.2, 0) is 0 Å². The number of hydrogen-bond acceptors (Lipinski definition) is 5. The lowest BCUT2D eigenvalue weighted by atomic mass is 10.1. The Kier molecular flexibility index (Phi) is 4.73. The molecule has 0 bridgehead atoms. The van der Waals surface area contributed by atoms with Crippen LogP contribution < -0.4 is 4.74 Å². The van der Waals surface area contributed by atoms with E-state index in [-0.39, 0.29) is 0 Å². The summed E-state index contributed by atoms with van der Waals surface area (Å²) in [5, 5.41) is 5.19. The summed E-state index contributed by atoms with van der Waals surface area (Å²) < 4.78 is 6.45. The Morgan fingerprint density at radius 3 is 2.57 bits per heavy atom. The Balaban J connectivity index is 1.64. The zero-order valence-electron chi connectivity index (χ0n) is 16.7. The molecule has 0 spiro atoms. The van der Waals surface area contributed by atoms with Crippen molar-refractivity contribution < 1.29 is 4.74 Å². The monoisotopic (exact) mass is 409 g/mol. The number of nitrogens with zero attached hydrogens (tertiary/aromatic N) is 3. The van der Waals surface area contributed by atoms with Crippen molar-refractivity contribution in [2.45, 2.75) is 13.8 Å². The molecule has 0 fully saturated rings. The molecule has 30 heavy (non-hydrogen) atoms. The molecular weight excluding hydrogens is 390 g/mol. The van der Waals surface area contributed by atoms with Crippen molar-refractivity contribution in [1.82, 2.24) is 15.0 Å². The van der Waals surface area contributed by atoms with Gasteiger partial charge in [0, 0.05) is 23.5 Å². The number of pyridine rings is 3. The van der Waals surface area contributed by atoms with Gasteiger partial charge in [0.05, 0.1) is 11.2 Å². The average molecular weight is 410 g/mol. The predicted octanol–water partition coefficient (Wildman–Crippen LogP) is 6.83. The van der Waals surface area contributed by atoms with Gasteiger partial charge in [-0.15, -0.1) is 0 Å². The van der Waals surface area contributed by atoms with Crippen molar-refractivity contribution >= 4 is 22.2 Å². The number of fused-ring (bicyclic) bond motifs is 1. The first-order valence-corrected chi connectivity index (χ1v) is 10.6. The van der Waals surface area contributed by atoms with Crippen LogP contribution in [0, 0.1) is 13.8 Å². The number of aryl methyl sites for hydroxylation is 2. The molecule has 0 radical (unpaired) electrons. The molecule has 0 aliphatic rings. The smallest absolute Gasteiger partial charge is 0.155 e. The number of rotatable bonds is 4. The Bertz CT molecular complexity index is 1330. The second-order valence-electron chi connectivity index (χ2n) is 7.11. The van der Waals surface area contributed by atoms with E-state index < -0.39 is 0 Å². The minimum Gasteiger partial charge on any atom is -0.454 e. The quantitative estimate of drug-likeness (QED) is 0.326. The molecule has 0 amide bonds. The summed E-state index contributed by atoms with van der Waals surface area (Å²) in [7, 11) is 0. The van der Waals surface area contributed by atoms with Gasteiger partial charge in [-0.1, -0.05) is 12.1 Å². The van der Waals surface area contributed by atoms with Gasteiger partial charge in [0.2, 0.25) is 0 Å². The van der Waals surface area contributed by atoms with Crippen LogP contribution in [0.4, 0.5) is 0 Å². The van der Waals surface area contributed by atoms with E-state index in [9.17, 15) is 0 Å². The summed E-state index contributed by atoms with van der Waals surface area (Å²) in [6.07, 6.45) is 3.54. The summed E-state index contributed by atoms with van der Waals surface area (Å²) in [4.78, 5) is 13.8. The van der Waals surface area contributed by atoms with Crippen LogP contribution in [0.2, 0.25) is 0 Å². The van der Waals surface area contributed by atoms with E-state index >= 15 is 0 Å². The maximum atomic E-state index is 6.45. The third-order valence-corrected chi connectivity index (χ3v) is 5.80. The second-order valence-corrected chi connectivity index (χ2v) is 7.89. The lowest BCUT2D eigenvalue weighted by molar-refractivity contribution is 0.486. The van der Waals surface area contributed by atoms with Gasteiger partial charge in [0.15, 0.2) is 5.75 Å². The number of ether oxygens (including phenoxy) is 1. The Morgan fingerprint density at radius 2 is 1.77 bits per heavy atom. The fourth-order valence-electron chi connectivity index (χ4n) is 3.38. The number of hydrogen-bond donors (Lipinski definition) is 0. The molecule has 0 N–H and O–H groups in total. The van der Waals surface area contributed by atoms with Crippen LogP contribution in [0.15, 0.2) is 77.8 Å². The molecule has 4 aromatic heterocycles. The third-order valence-electron chi connectivity index (χ3n) is 5.11. The van der Waals surface area contributed by atoms with Gasteiger partial charge in [-0.3, -0.25) is 9.97 Å². The first-order chi connectivity index (χ1) is 14.7. The molecule has 5 aromatic rings. The largest absolute Gasteiger partial charge is 0.454 e. The lowest BCUT2D eigenvalue weighted by Gasteiger charge is -2.14. The number of benzene rings is 1. The van der Waals surface area contributed by atoms with Crippen LogP contribution in [0.1, 0.15) is 11.3 Å². The summed E-state index contributed by atoms with van der Waals surface area (Å²) in [5.74, 6) is 1.43. The van der Waals surface area contributed by atoms with E-state index in [0.29, 0.717) is 5.75 Å². The van der Waals surface area contributed by atoms with Crippen LogP contribution in [0.5, 0.6) is 11.5 Å². The van der Waals surface area contributed by atoms with Crippen molar-refractivity contribution in [2.75, 3.05) is 0 Å². The zero-order chi connectivity index (χ0) is 20.5. The zero-order valence-corrected chi connectivity index (χ0v) is 17.5. The van der Waals surface area contributed by atoms with Gasteiger partial charge in [0.25, 0.3) is 0 Å². The van der Waals surface area contributed by atoms with Crippen molar-refractivity contribution in [3.05, 3.63) is 89.0 Å². The molecule has 0 aliphatic heterocycles. The van der Waals surface area contributed by atoms with Gasteiger partial charge < -0.3 is 4.74 Å². The van der Waals surface area contributed by atoms with Crippen molar-refractivity contribution in [2.24, 2.45) is 0 Å². The Morgan fingerprint density at radius 1 is 0.833 bits per heavy atom. The number of thiophene rings is 1. The summed E-state index contributed by atoms with van der Waals surface area (Å²) >= 11 is 1.69. The van der Waals surface area contributed by atoms with Gasteiger partial charge in [-0.25, -0.2) is 4.98 Å². The van der Waals surface area contributed by atoms with Crippen LogP contribution >= 0.6 is 11.3 Å². The lowest BCUT2D eigenvalue weighted by Crippen LogP contribution is -1.98. The van der Waals surface area contributed by atoms with Crippen LogP contribution in [0.25, 0.3) is 33.4 Å². The maximum absolute atomic E-state index is 6.45. The molecule has 5 rings (SSSR count). The fourth-order valence-corrected chi connectivity index (χ4v) is 4.05. The summed E-state index contributed by atoms with van der Waals surface area (Å²) in [6, 6.07) is 18.1. The fraction of sp³-hybridized carbons (Fsp3) is 0.0800. The third kappa shape index (κ3) is 3.44. The Labute approximate surface area is 178 Å². The van der Waals surface area contributed by atoms with Crippen molar-refractivity contribution in [1.29, 1.82) is 0 Å². The van der Waals surface area contributed by atoms with Gasteiger partial charge in [-0.2, -0.15) is 11.3 Å². The van der Waals surface area contributed by atoms with E-state index in [1.807, 2.05) is 50.2 Å². The highest BCUT2D eigenvalue weighted by molar-refractivity contribution is 7.08. The topological polar surface area (TPSA) is 47.9 Å². The van der Waals surface area contributed by atoms with Crippen molar-refractivity contribution in [3.63, 3.8) is 0 Å². The average Bonchev–Trinajstić information content (AvgIpc) is 3.32. The predicted molar refractivity (Wildman–Crippen MR) is 122 cm³/mol. The minimum absolute atomic E-state index is 0.685. The highest BCUT2D eigenvalue weighted by Gasteiger charge is 2.15. The standard InChI is InChI=1S/C25H19N3OS/c1-16-13-24(25(28-17(16)2)22-5-3-4-10-26-22)29-23-8-11-27-21-7-6-18(14-20(21)23)19-9-12-30-15-19/h3-15H,1-2H3. The van der Waals surface area contributed by atoms with Gasteiger partial charge in [0.1, 0.15) is 11.4 Å². The van der Waals surface area contributed by atoms with Crippen LogP contribution in [-0.4, -0.2) is 15.0 Å². The van der Waals surface area contributed by atoms with E-state index in [2.05, 4.69) is 38.9 Å². The van der Waals surface area contributed by atoms with Crippen LogP contribution in [0.3, 0.4) is 0 Å². The molecule has 4 nitrogen and oxygen atoms in total. The second kappa shape index (κ2) is 7.69. The SMILES string of the molecule is Cc1cc(Oc2ccnc3ccc(-c4ccsc4)cc23)c(-c2ccccn2)nc1C. The summed E-state index contributed by atoms with van der Waals surface area (Å²) in [6.45, 7) is 4.04. The normalized spacial score (nSPS) is 11.0. The van der Waals surface area contributed by atoms with E-state index in [0.717, 1.165) is 44.9 Å². The molecule has 0 aliphatic carbocycles. The molecule has 0 unspecified atom stereocenters. The molecule has 1 aromatic carbocycles. The first kappa shape index (κ1) is 18.5.